The summed E-state index contributed by atoms with van der Waals surface area (Å²) in [6.07, 6.45) is 0. The highest BCUT2D eigenvalue weighted by molar-refractivity contribution is 7.89. The molecular formula is C14H20ClNO2S. The standard InChI is InChI=1S/C14H20ClNO2S/c1-10-4-5-13(7-15)6-14(10)19(17,18)16-8-11(2)12(3)9-16/h4-6,11-12H,7-9H2,1-3H3. The molecule has 1 aromatic rings. The molecule has 0 spiro atoms. The lowest BCUT2D eigenvalue weighted by atomic mass is 10.0. The number of halogens is 1. The van der Waals surface area contributed by atoms with Gasteiger partial charge in [0.15, 0.2) is 0 Å². The molecule has 0 amide bonds. The van der Waals surface area contributed by atoms with Crippen LogP contribution in [0, 0.1) is 18.8 Å². The number of sulfonamides is 1. The van der Waals surface area contributed by atoms with E-state index < -0.39 is 10.0 Å². The third-order valence-electron chi connectivity index (χ3n) is 3.98. The average Bonchev–Trinajstić information content (AvgIpc) is 2.71. The summed E-state index contributed by atoms with van der Waals surface area (Å²) in [5, 5.41) is 0. The van der Waals surface area contributed by atoms with E-state index in [0.29, 0.717) is 35.7 Å². The Balaban J connectivity index is 2.40. The fourth-order valence-electron chi connectivity index (χ4n) is 2.42. The lowest BCUT2D eigenvalue weighted by Crippen LogP contribution is -2.29. The Bertz CT molecular complexity index is 561. The molecule has 0 N–H and O–H groups in total. The van der Waals surface area contributed by atoms with E-state index in [-0.39, 0.29) is 0 Å². The van der Waals surface area contributed by atoms with Crippen LogP contribution in [-0.4, -0.2) is 25.8 Å². The molecule has 0 aromatic heterocycles. The van der Waals surface area contributed by atoms with Gasteiger partial charge in [0.2, 0.25) is 10.0 Å². The van der Waals surface area contributed by atoms with E-state index >= 15 is 0 Å². The Morgan fingerprint density at radius 3 is 2.37 bits per heavy atom. The number of nitrogens with zero attached hydrogens (tertiary/aromatic N) is 1. The smallest absolute Gasteiger partial charge is 0.207 e. The van der Waals surface area contributed by atoms with Crippen molar-refractivity contribution in [3.05, 3.63) is 29.3 Å². The number of rotatable bonds is 3. The monoisotopic (exact) mass is 301 g/mol. The first-order valence-electron chi connectivity index (χ1n) is 6.52. The summed E-state index contributed by atoms with van der Waals surface area (Å²) in [4.78, 5) is 0.395. The topological polar surface area (TPSA) is 37.4 Å². The second kappa shape index (κ2) is 5.43. The molecular weight excluding hydrogens is 282 g/mol. The number of aryl methyl sites for hydroxylation is 1. The molecule has 2 unspecified atom stereocenters. The number of alkyl halides is 1. The van der Waals surface area contributed by atoms with Gasteiger partial charge in [-0.1, -0.05) is 26.0 Å². The third kappa shape index (κ3) is 2.81. The van der Waals surface area contributed by atoms with Crippen molar-refractivity contribution in [3.8, 4) is 0 Å². The van der Waals surface area contributed by atoms with Crippen molar-refractivity contribution in [1.29, 1.82) is 0 Å². The summed E-state index contributed by atoms with van der Waals surface area (Å²) in [5.41, 5.74) is 1.62. The lowest BCUT2D eigenvalue weighted by Gasteiger charge is -2.18. The van der Waals surface area contributed by atoms with Crippen molar-refractivity contribution >= 4 is 21.6 Å². The summed E-state index contributed by atoms with van der Waals surface area (Å²) in [5.74, 6) is 1.15. The molecule has 2 rings (SSSR count). The number of benzene rings is 1. The molecule has 0 bridgehead atoms. The van der Waals surface area contributed by atoms with E-state index in [1.165, 1.54) is 0 Å². The molecule has 1 saturated heterocycles. The van der Waals surface area contributed by atoms with Crippen molar-refractivity contribution < 1.29 is 8.42 Å². The normalized spacial score (nSPS) is 24.8. The van der Waals surface area contributed by atoms with Gasteiger partial charge in [0, 0.05) is 19.0 Å². The van der Waals surface area contributed by atoms with Gasteiger partial charge in [-0.15, -0.1) is 11.6 Å². The fraction of sp³-hybridized carbons (Fsp3) is 0.571. The van der Waals surface area contributed by atoms with Crippen molar-refractivity contribution in [1.82, 2.24) is 4.31 Å². The van der Waals surface area contributed by atoms with Gasteiger partial charge in [-0.2, -0.15) is 4.31 Å². The maximum Gasteiger partial charge on any atom is 0.243 e. The van der Waals surface area contributed by atoms with E-state index in [1.807, 2.05) is 19.1 Å². The summed E-state index contributed by atoms with van der Waals surface area (Å²) in [7, 11) is -3.39. The zero-order chi connectivity index (χ0) is 14.2. The second-order valence-corrected chi connectivity index (χ2v) is 7.68. The third-order valence-corrected chi connectivity index (χ3v) is 6.26. The van der Waals surface area contributed by atoms with Crippen molar-refractivity contribution in [3.63, 3.8) is 0 Å². The molecule has 0 radical (unpaired) electrons. The van der Waals surface area contributed by atoms with Crippen LogP contribution in [0.4, 0.5) is 0 Å². The molecule has 1 fully saturated rings. The first-order valence-corrected chi connectivity index (χ1v) is 8.49. The molecule has 0 saturated carbocycles. The average molecular weight is 302 g/mol. The van der Waals surface area contributed by atoms with E-state index in [9.17, 15) is 8.42 Å². The number of hydrogen-bond acceptors (Lipinski definition) is 2. The number of hydrogen-bond donors (Lipinski definition) is 0. The van der Waals surface area contributed by atoms with Crippen molar-refractivity contribution in [2.45, 2.75) is 31.5 Å². The van der Waals surface area contributed by atoms with Crippen molar-refractivity contribution in [2.75, 3.05) is 13.1 Å². The fourth-order valence-corrected chi connectivity index (χ4v) is 4.50. The predicted octanol–water partition coefficient (Wildman–Crippen LogP) is 3.01. The zero-order valence-corrected chi connectivity index (χ0v) is 13.1. The van der Waals surface area contributed by atoms with Gasteiger partial charge in [-0.25, -0.2) is 8.42 Å². The first-order chi connectivity index (χ1) is 8.86. The van der Waals surface area contributed by atoms with Crippen LogP contribution in [0.15, 0.2) is 23.1 Å². The second-order valence-electron chi connectivity index (χ2n) is 5.51. The van der Waals surface area contributed by atoms with Gasteiger partial charge in [0.1, 0.15) is 0 Å². The minimum Gasteiger partial charge on any atom is -0.207 e. The van der Waals surface area contributed by atoms with E-state index in [1.54, 1.807) is 10.4 Å². The van der Waals surface area contributed by atoms with Crippen LogP contribution in [0.5, 0.6) is 0 Å². The Labute approximate surface area is 120 Å². The van der Waals surface area contributed by atoms with Crippen LogP contribution in [-0.2, 0) is 15.9 Å². The molecule has 3 nitrogen and oxygen atoms in total. The molecule has 106 valence electrons. The van der Waals surface area contributed by atoms with Crippen LogP contribution in [0.25, 0.3) is 0 Å². The molecule has 1 aliphatic rings. The largest absolute Gasteiger partial charge is 0.243 e. The highest BCUT2D eigenvalue weighted by atomic mass is 35.5. The van der Waals surface area contributed by atoms with Crippen LogP contribution in [0.3, 0.4) is 0 Å². The molecule has 19 heavy (non-hydrogen) atoms. The Kier molecular flexibility index (Phi) is 4.23. The summed E-state index contributed by atoms with van der Waals surface area (Å²) < 4.78 is 27.0. The van der Waals surface area contributed by atoms with Crippen LogP contribution >= 0.6 is 11.6 Å². The van der Waals surface area contributed by atoms with Crippen LogP contribution in [0.1, 0.15) is 25.0 Å². The zero-order valence-electron chi connectivity index (χ0n) is 11.6. The molecule has 2 atom stereocenters. The maximum atomic E-state index is 12.7. The minimum absolute atomic E-state index is 0.329. The van der Waals surface area contributed by atoms with E-state index in [2.05, 4.69) is 13.8 Å². The SMILES string of the molecule is Cc1ccc(CCl)cc1S(=O)(=O)N1CC(C)C(C)C1. The van der Waals surface area contributed by atoms with Crippen LogP contribution < -0.4 is 0 Å². The quantitative estimate of drug-likeness (QED) is 0.805. The van der Waals surface area contributed by atoms with Gasteiger partial charge in [0.25, 0.3) is 0 Å². The highest BCUT2D eigenvalue weighted by Gasteiger charge is 2.35. The van der Waals surface area contributed by atoms with Gasteiger partial charge in [0.05, 0.1) is 4.90 Å². The summed E-state index contributed by atoms with van der Waals surface area (Å²) in [6, 6.07) is 5.40. The van der Waals surface area contributed by atoms with Crippen molar-refractivity contribution in [2.24, 2.45) is 11.8 Å². The van der Waals surface area contributed by atoms with E-state index in [4.69, 9.17) is 11.6 Å². The van der Waals surface area contributed by atoms with Gasteiger partial charge in [-0.05, 0) is 36.0 Å². The predicted molar refractivity (Wildman–Crippen MR) is 77.8 cm³/mol. The summed E-state index contributed by atoms with van der Waals surface area (Å²) in [6.45, 7) is 7.24. The molecule has 1 aromatic carbocycles. The molecule has 1 heterocycles. The molecule has 5 heteroatoms. The van der Waals surface area contributed by atoms with Gasteiger partial charge in [-0.3, -0.25) is 0 Å². The van der Waals surface area contributed by atoms with Gasteiger partial charge < -0.3 is 0 Å². The Hall–Kier alpha value is -0.580. The molecule has 1 aliphatic heterocycles. The lowest BCUT2D eigenvalue weighted by molar-refractivity contribution is 0.463. The van der Waals surface area contributed by atoms with E-state index in [0.717, 1.165) is 11.1 Å². The molecule has 0 aliphatic carbocycles. The Morgan fingerprint density at radius 1 is 1.26 bits per heavy atom. The minimum atomic E-state index is -3.39. The summed E-state index contributed by atoms with van der Waals surface area (Å²) >= 11 is 5.80. The highest BCUT2D eigenvalue weighted by Crippen LogP contribution is 2.29. The maximum absolute atomic E-state index is 12.7. The van der Waals surface area contributed by atoms with Gasteiger partial charge >= 0.3 is 0 Å². The Morgan fingerprint density at radius 2 is 1.84 bits per heavy atom. The first kappa shape index (κ1) is 14.8. The van der Waals surface area contributed by atoms with Crippen LogP contribution in [0.2, 0.25) is 0 Å².